The molecule has 3 aliphatic rings. The van der Waals surface area contributed by atoms with Crippen LogP contribution >= 0.6 is 0 Å². The first-order chi connectivity index (χ1) is 13.7. The summed E-state index contributed by atoms with van der Waals surface area (Å²) in [5.41, 5.74) is 5.92. The molecule has 2 aliphatic heterocycles. The lowest BCUT2D eigenvalue weighted by Gasteiger charge is -2.43. The van der Waals surface area contributed by atoms with E-state index in [2.05, 4.69) is 47.0 Å². The van der Waals surface area contributed by atoms with Gasteiger partial charge in [0.15, 0.2) is 0 Å². The van der Waals surface area contributed by atoms with Gasteiger partial charge in [-0.3, -0.25) is 0 Å². The Balaban J connectivity index is 1.22. The van der Waals surface area contributed by atoms with E-state index in [1.807, 2.05) is 6.07 Å². The number of ether oxygens (including phenoxy) is 2. The highest BCUT2D eigenvalue weighted by Crippen LogP contribution is 2.38. The molecule has 5 heteroatoms. The summed E-state index contributed by atoms with van der Waals surface area (Å²) >= 11 is 0. The summed E-state index contributed by atoms with van der Waals surface area (Å²) in [5, 5.41) is 6.17. The Bertz CT molecular complexity index is 884. The largest absolute Gasteiger partial charge is 0.381 e. The third kappa shape index (κ3) is 3.40. The third-order valence-electron chi connectivity index (χ3n) is 6.28. The second-order valence-electron chi connectivity index (χ2n) is 8.14. The molecule has 2 saturated heterocycles. The van der Waals surface area contributed by atoms with Gasteiger partial charge in [0.2, 0.25) is 0 Å². The summed E-state index contributed by atoms with van der Waals surface area (Å²) in [6.45, 7) is 2.19. The Hall–Kier alpha value is -2.37. The third-order valence-corrected chi connectivity index (χ3v) is 6.28. The number of rotatable bonds is 2. The molecule has 2 aromatic rings. The number of benzene rings is 2. The van der Waals surface area contributed by atoms with Crippen LogP contribution in [0.15, 0.2) is 42.5 Å². The van der Waals surface area contributed by atoms with Crippen LogP contribution in [-0.4, -0.2) is 37.5 Å². The zero-order chi connectivity index (χ0) is 19.0. The molecule has 2 amide bonds. The van der Waals surface area contributed by atoms with Crippen molar-refractivity contribution < 1.29 is 14.3 Å². The van der Waals surface area contributed by atoms with E-state index in [0.29, 0.717) is 6.61 Å². The lowest BCUT2D eigenvalue weighted by molar-refractivity contribution is -0.139. The highest BCUT2D eigenvalue weighted by Gasteiger charge is 2.39. The minimum Gasteiger partial charge on any atom is -0.381 e. The predicted octanol–water partition coefficient (Wildman–Crippen LogP) is 4.11. The first kappa shape index (κ1) is 17.7. The lowest BCUT2D eigenvalue weighted by atomic mass is 9.84. The van der Waals surface area contributed by atoms with E-state index < -0.39 is 0 Å². The molecule has 0 saturated carbocycles. The van der Waals surface area contributed by atoms with E-state index in [-0.39, 0.29) is 17.7 Å². The number of amides is 2. The zero-order valence-corrected chi connectivity index (χ0v) is 16.0. The fourth-order valence-corrected chi connectivity index (χ4v) is 4.82. The van der Waals surface area contributed by atoms with Gasteiger partial charge in [0, 0.05) is 31.5 Å². The van der Waals surface area contributed by atoms with Gasteiger partial charge in [0.25, 0.3) is 0 Å². The molecule has 28 heavy (non-hydrogen) atoms. The van der Waals surface area contributed by atoms with Crippen LogP contribution in [0.25, 0.3) is 11.1 Å². The van der Waals surface area contributed by atoms with E-state index in [1.165, 1.54) is 22.3 Å². The summed E-state index contributed by atoms with van der Waals surface area (Å²) in [7, 11) is 0. The molecule has 0 unspecified atom stereocenters. The molecular formula is C23H26N2O3. The van der Waals surface area contributed by atoms with Crippen molar-refractivity contribution in [1.29, 1.82) is 0 Å². The van der Waals surface area contributed by atoms with Crippen molar-refractivity contribution in [1.82, 2.24) is 5.32 Å². The molecule has 0 radical (unpaired) electrons. The number of hydrogen-bond donors (Lipinski definition) is 2. The highest BCUT2D eigenvalue weighted by atomic mass is 16.5. The number of anilines is 1. The molecule has 1 atom stereocenters. The van der Waals surface area contributed by atoms with Gasteiger partial charge in [-0.2, -0.15) is 0 Å². The van der Waals surface area contributed by atoms with Gasteiger partial charge in [-0.1, -0.05) is 30.3 Å². The maximum Gasteiger partial charge on any atom is 0.319 e. The molecule has 1 aliphatic carbocycles. The van der Waals surface area contributed by atoms with Crippen molar-refractivity contribution in [3.8, 4) is 11.1 Å². The second-order valence-corrected chi connectivity index (χ2v) is 8.14. The number of carbonyl (C=O) groups excluding carboxylic acids is 1. The maximum atomic E-state index is 12.6. The first-order valence-corrected chi connectivity index (χ1v) is 10.2. The molecule has 2 aromatic carbocycles. The normalized spacial score (nSPS) is 22.4. The van der Waals surface area contributed by atoms with Crippen LogP contribution in [0.1, 0.15) is 36.8 Å². The van der Waals surface area contributed by atoms with Crippen LogP contribution in [0.3, 0.4) is 0 Å². The van der Waals surface area contributed by atoms with Gasteiger partial charge in [0.05, 0.1) is 5.60 Å². The Kier molecular flexibility index (Phi) is 4.57. The van der Waals surface area contributed by atoms with Crippen LogP contribution in [0.4, 0.5) is 10.5 Å². The Morgan fingerprint density at radius 3 is 2.71 bits per heavy atom. The standard InChI is InChI=1S/C23H26N2O3/c26-22(25-19-7-10-28-23(15-19)8-11-27-12-9-23)24-18-5-6-21-17(14-18)13-16-3-1-2-4-20(16)21/h1-6,14,19H,7-13,15H2,(H2,24,25,26)/t19-/m1/s1. The number of nitrogens with one attached hydrogen (secondary N) is 2. The van der Waals surface area contributed by atoms with Gasteiger partial charge in [-0.15, -0.1) is 0 Å². The van der Waals surface area contributed by atoms with E-state index in [9.17, 15) is 4.79 Å². The quantitative estimate of drug-likeness (QED) is 0.706. The monoisotopic (exact) mass is 378 g/mol. The number of carbonyl (C=O) groups is 1. The Morgan fingerprint density at radius 2 is 1.82 bits per heavy atom. The Morgan fingerprint density at radius 1 is 1.00 bits per heavy atom. The summed E-state index contributed by atoms with van der Waals surface area (Å²) in [4.78, 5) is 12.6. The van der Waals surface area contributed by atoms with Crippen molar-refractivity contribution in [3.63, 3.8) is 0 Å². The smallest absolute Gasteiger partial charge is 0.319 e. The molecule has 2 heterocycles. The van der Waals surface area contributed by atoms with E-state index in [4.69, 9.17) is 9.47 Å². The first-order valence-electron chi connectivity index (χ1n) is 10.2. The highest BCUT2D eigenvalue weighted by molar-refractivity contribution is 5.90. The van der Waals surface area contributed by atoms with Crippen LogP contribution in [-0.2, 0) is 15.9 Å². The molecule has 146 valence electrons. The molecule has 5 rings (SSSR count). The average molecular weight is 378 g/mol. The van der Waals surface area contributed by atoms with E-state index in [1.54, 1.807) is 0 Å². The zero-order valence-electron chi connectivity index (χ0n) is 16.0. The number of urea groups is 1. The van der Waals surface area contributed by atoms with Crippen LogP contribution in [0.2, 0.25) is 0 Å². The lowest BCUT2D eigenvalue weighted by Crippen LogP contribution is -2.51. The minimum absolute atomic E-state index is 0.117. The molecule has 2 fully saturated rings. The fourth-order valence-electron chi connectivity index (χ4n) is 4.82. The average Bonchev–Trinajstić information content (AvgIpc) is 3.06. The molecule has 0 bridgehead atoms. The van der Waals surface area contributed by atoms with E-state index >= 15 is 0 Å². The summed E-state index contributed by atoms with van der Waals surface area (Å²) in [6.07, 6.45) is 4.47. The molecule has 2 N–H and O–H groups in total. The molecule has 1 spiro atoms. The predicted molar refractivity (Wildman–Crippen MR) is 109 cm³/mol. The summed E-state index contributed by atoms with van der Waals surface area (Å²) < 4.78 is 11.5. The van der Waals surface area contributed by atoms with Crippen LogP contribution in [0.5, 0.6) is 0 Å². The van der Waals surface area contributed by atoms with Gasteiger partial charge in [-0.25, -0.2) is 4.79 Å². The van der Waals surface area contributed by atoms with Crippen LogP contribution in [0, 0.1) is 0 Å². The topological polar surface area (TPSA) is 59.6 Å². The van der Waals surface area contributed by atoms with Gasteiger partial charge in [0.1, 0.15) is 0 Å². The summed E-state index contributed by atoms with van der Waals surface area (Å²) in [6, 6.07) is 14.7. The van der Waals surface area contributed by atoms with Crippen molar-refractivity contribution in [2.75, 3.05) is 25.1 Å². The van der Waals surface area contributed by atoms with Gasteiger partial charge in [-0.05, 0) is 66.5 Å². The van der Waals surface area contributed by atoms with Crippen molar-refractivity contribution in [2.45, 2.75) is 43.7 Å². The minimum atomic E-state index is -0.135. The molecule has 5 nitrogen and oxygen atoms in total. The van der Waals surface area contributed by atoms with Crippen molar-refractivity contribution in [3.05, 3.63) is 53.6 Å². The number of hydrogen-bond acceptors (Lipinski definition) is 3. The summed E-state index contributed by atoms with van der Waals surface area (Å²) in [5.74, 6) is 0. The number of fused-ring (bicyclic) bond motifs is 3. The maximum absolute atomic E-state index is 12.6. The van der Waals surface area contributed by atoms with Crippen molar-refractivity contribution >= 4 is 11.7 Å². The van der Waals surface area contributed by atoms with Gasteiger partial charge >= 0.3 is 6.03 Å². The van der Waals surface area contributed by atoms with Gasteiger partial charge < -0.3 is 20.1 Å². The molecular weight excluding hydrogens is 352 g/mol. The molecule has 0 aromatic heterocycles. The van der Waals surface area contributed by atoms with Crippen LogP contribution < -0.4 is 10.6 Å². The van der Waals surface area contributed by atoms with Crippen molar-refractivity contribution in [2.24, 2.45) is 0 Å². The van der Waals surface area contributed by atoms with E-state index in [0.717, 1.165) is 51.0 Å². The SMILES string of the molecule is O=C(Nc1ccc2c(c1)Cc1ccccc1-2)N[C@@H]1CCOC2(CCOCC2)C1. The second kappa shape index (κ2) is 7.22. The fraction of sp³-hybridized carbons (Fsp3) is 0.435. The Labute approximate surface area is 165 Å².